The number of carbonyl (C=O) groups excluding carboxylic acids is 2. The summed E-state index contributed by atoms with van der Waals surface area (Å²) in [7, 11) is 0. The average molecular weight is 382 g/mol. The average Bonchev–Trinajstić information content (AvgIpc) is 2.65. The molecular weight excluding hydrogens is 366 g/mol. The molecule has 0 spiro atoms. The number of nitrogens with one attached hydrogen (secondary N) is 3. The quantitative estimate of drug-likeness (QED) is 0.614. The fraction of sp³-hybridized carbons (Fsp3) is 0.0500. The maximum Gasteiger partial charge on any atom is 0.274 e. The molecule has 0 unspecified atom stereocenters. The Kier molecular flexibility index (Phi) is 5.59. The highest BCUT2D eigenvalue weighted by atomic mass is 19.2. The van der Waals surface area contributed by atoms with E-state index in [4.69, 9.17) is 0 Å². The van der Waals surface area contributed by atoms with Gasteiger partial charge >= 0.3 is 0 Å². The van der Waals surface area contributed by atoms with Gasteiger partial charge in [0, 0.05) is 30.1 Å². The minimum absolute atomic E-state index is 0.113. The Bertz CT molecular complexity index is 1020. The van der Waals surface area contributed by atoms with Gasteiger partial charge in [-0.15, -0.1) is 0 Å². The molecule has 0 aliphatic carbocycles. The number of hydrogen-bond donors (Lipinski definition) is 3. The molecule has 0 fully saturated rings. The second kappa shape index (κ2) is 8.26. The first-order chi connectivity index (χ1) is 13.4. The molecule has 3 N–H and O–H groups in total. The van der Waals surface area contributed by atoms with Crippen LogP contribution in [0.25, 0.3) is 0 Å². The second-order valence-electron chi connectivity index (χ2n) is 5.90. The van der Waals surface area contributed by atoms with Crippen LogP contribution in [-0.4, -0.2) is 16.8 Å². The lowest BCUT2D eigenvalue weighted by atomic mass is 10.2. The Morgan fingerprint density at radius 1 is 0.821 bits per heavy atom. The summed E-state index contributed by atoms with van der Waals surface area (Å²) >= 11 is 0. The summed E-state index contributed by atoms with van der Waals surface area (Å²) in [5.41, 5.74) is 2.24. The fourth-order valence-electron chi connectivity index (χ4n) is 2.42. The van der Waals surface area contributed by atoms with Crippen molar-refractivity contribution in [3.05, 3.63) is 78.1 Å². The van der Waals surface area contributed by atoms with E-state index in [0.717, 1.165) is 17.8 Å². The highest BCUT2D eigenvalue weighted by molar-refractivity contribution is 6.03. The van der Waals surface area contributed by atoms with Gasteiger partial charge in [0.05, 0.1) is 11.9 Å². The lowest BCUT2D eigenvalue weighted by Gasteiger charge is -2.09. The van der Waals surface area contributed by atoms with Crippen molar-refractivity contribution < 1.29 is 18.4 Å². The number of hydrogen-bond acceptors (Lipinski definition) is 4. The van der Waals surface area contributed by atoms with Crippen molar-refractivity contribution in [3.63, 3.8) is 0 Å². The highest BCUT2D eigenvalue weighted by Crippen LogP contribution is 2.20. The normalized spacial score (nSPS) is 10.2. The molecule has 0 bridgehead atoms. The Morgan fingerprint density at radius 3 is 2.21 bits per heavy atom. The first-order valence-electron chi connectivity index (χ1n) is 8.28. The Morgan fingerprint density at radius 2 is 1.54 bits per heavy atom. The molecule has 8 heteroatoms. The molecule has 0 aliphatic heterocycles. The topological polar surface area (TPSA) is 83.1 Å². The van der Waals surface area contributed by atoms with E-state index in [1.165, 1.54) is 25.3 Å². The van der Waals surface area contributed by atoms with Crippen LogP contribution in [0.4, 0.5) is 31.5 Å². The molecule has 0 saturated heterocycles. The molecule has 6 nitrogen and oxygen atoms in total. The van der Waals surface area contributed by atoms with Crippen molar-refractivity contribution in [1.29, 1.82) is 0 Å². The summed E-state index contributed by atoms with van der Waals surface area (Å²) in [6.07, 6.45) is 1.46. The van der Waals surface area contributed by atoms with E-state index in [-0.39, 0.29) is 17.3 Å². The van der Waals surface area contributed by atoms with Gasteiger partial charge in [-0.05, 0) is 42.5 Å². The van der Waals surface area contributed by atoms with Crippen LogP contribution in [0.5, 0.6) is 0 Å². The van der Waals surface area contributed by atoms with Crippen molar-refractivity contribution in [1.82, 2.24) is 4.98 Å². The highest BCUT2D eigenvalue weighted by Gasteiger charge is 2.10. The Balaban J connectivity index is 1.66. The van der Waals surface area contributed by atoms with Crippen LogP contribution in [0, 0.1) is 11.6 Å². The van der Waals surface area contributed by atoms with Gasteiger partial charge in [-0.1, -0.05) is 6.07 Å². The third kappa shape index (κ3) is 4.88. The zero-order chi connectivity index (χ0) is 20.1. The molecule has 0 aliphatic rings. The molecule has 0 radical (unpaired) electrons. The first kappa shape index (κ1) is 19.0. The zero-order valence-corrected chi connectivity index (χ0v) is 14.8. The van der Waals surface area contributed by atoms with E-state index in [1.54, 1.807) is 24.3 Å². The molecule has 142 valence electrons. The molecule has 3 aromatic rings. The first-order valence-corrected chi connectivity index (χ1v) is 8.28. The number of aromatic nitrogens is 1. The molecule has 1 aromatic heterocycles. The van der Waals surface area contributed by atoms with Crippen LogP contribution in [0.1, 0.15) is 17.4 Å². The van der Waals surface area contributed by atoms with Crippen LogP contribution >= 0.6 is 0 Å². The number of anilines is 4. The summed E-state index contributed by atoms with van der Waals surface area (Å²) < 4.78 is 26.2. The molecule has 2 aromatic carbocycles. The third-order valence-electron chi connectivity index (χ3n) is 3.65. The smallest absolute Gasteiger partial charge is 0.274 e. The summed E-state index contributed by atoms with van der Waals surface area (Å²) in [5.74, 6) is -2.76. The second-order valence-corrected chi connectivity index (χ2v) is 5.90. The number of amides is 2. The molecule has 3 rings (SSSR count). The van der Waals surface area contributed by atoms with Gasteiger partial charge < -0.3 is 16.0 Å². The zero-order valence-electron chi connectivity index (χ0n) is 14.8. The number of benzene rings is 2. The summed E-state index contributed by atoms with van der Waals surface area (Å²) in [6.45, 7) is 1.42. The number of halogens is 2. The van der Waals surface area contributed by atoms with Gasteiger partial charge in [0.15, 0.2) is 11.6 Å². The van der Waals surface area contributed by atoms with Gasteiger partial charge in [0.2, 0.25) is 5.91 Å². The van der Waals surface area contributed by atoms with Crippen LogP contribution in [-0.2, 0) is 4.79 Å². The monoisotopic (exact) mass is 382 g/mol. The summed E-state index contributed by atoms with van der Waals surface area (Å²) in [6, 6.07) is 13.3. The van der Waals surface area contributed by atoms with Crippen LogP contribution < -0.4 is 16.0 Å². The van der Waals surface area contributed by atoms with E-state index >= 15 is 0 Å². The van der Waals surface area contributed by atoms with Crippen molar-refractivity contribution in [2.45, 2.75) is 6.92 Å². The van der Waals surface area contributed by atoms with Crippen molar-refractivity contribution in [2.24, 2.45) is 0 Å². The van der Waals surface area contributed by atoms with E-state index in [2.05, 4.69) is 20.9 Å². The predicted octanol–water partition coefficient (Wildman–Crippen LogP) is 4.31. The summed E-state index contributed by atoms with van der Waals surface area (Å²) in [4.78, 5) is 27.4. The third-order valence-corrected chi connectivity index (χ3v) is 3.65. The van der Waals surface area contributed by atoms with Gasteiger partial charge in [0.25, 0.3) is 5.91 Å². The minimum atomic E-state index is -1.05. The van der Waals surface area contributed by atoms with Crippen LogP contribution in [0.3, 0.4) is 0 Å². The van der Waals surface area contributed by atoms with E-state index in [9.17, 15) is 18.4 Å². The Hall–Kier alpha value is -3.81. The SMILES string of the molecule is CC(=O)Nc1cccc(Nc2ccc(C(=O)Nc3ccc(F)c(F)c3)nc2)c1. The van der Waals surface area contributed by atoms with Gasteiger partial charge in [-0.25, -0.2) is 13.8 Å². The summed E-state index contributed by atoms with van der Waals surface area (Å²) in [5, 5.41) is 8.25. The van der Waals surface area contributed by atoms with Crippen LogP contribution in [0.2, 0.25) is 0 Å². The van der Waals surface area contributed by atoms with Crippen molar-refractivity contribution in [2.75, 3.05) is 16.0 Å². The largest absolute Gasteiger partial charge is 0.354 e. The minimum Gasteiger partial charge on any atom is -0.354 e. The predicted molar refractivity (Wildman–Crippen MR) is 103 cm³/mol. The molecule has 2 amide bonds. The molecular formula is C20H16F2N4O2. The molecule has 0 saturated carbocycles. The number of rotatable bonds is 5. The fourth-order valence-corrected chi connectivity index (χ4v) is 2.42. The standard InChI is InChI=1S/C20H16F2N4O2/c1-12(27)24-13-3-2-4-14(9-13)25-16-6-8-19(23-11-16)20(28)26-15-5-7-17(21)18(22)10-15/h2-11,25H,1H3,(H,24,27)(H,26,28). The number of nitrogens with zero attached hydrogens (tertiary/aromatic N) is 1. The lowest BCUT2D eigenvalue weighted by molar-refractivity contribution is -0.114. The van der Waals surface area contributed by atoms with Crippen molar-refractivity contribution >= 4 is 34.6 Å². The van der Waals surface area contributed by atoms with Gasteiger partial charge in [0.1, 0.15) is 5.69 Å². The van der Waals surface area contributed by atoms with Gasteiger partial charge in [-0.3, -0.25) is 9.59 Å². The molecule has 0 atom stereocenters. The van der Waals surface area contributed by atoms with Crippen molar-refractivity contribution in [3.8, 4) is 0 Å². The maximum absolute atomic E-state index is 13.2. The van der Waals surface area contributed by atoms with Crippen LogP contribution in [0.15, 0.2) is 60.8 Å². The maximum atomic E-state index is 13.2. The molecule has 1 heterocycles. The van der Waals surface area contributed by atoms with E-state index in [1.807, 2.05) is 6.07 Å². The number of pyridine rings is 1. The van der Waals surface area contributed by atoms with Gasteiger partial charge in [-0.2, -0.15) is 0 Å². The van der Waals surface area contributed by atoms with E-state index in [0.29, 0.717) is 11.4 Å². The lowest BCUT2D eigenvalue weighted by Crippen LogP contribution is -2.13. The number of carbonyl (C=O) groups is 2. The Labute approximate surface area is 159 Å². The molecule has 28 heavy (non-hydrogen) atoms. The van der Waals surface area contributed by atoms with E-state index < -0.39 is 17.5 Å².